The van der Waals surface area contributed by atoms with Crippen molar-refractivity contribution in [2.24, 2.45) is 0 Å². The third-order valence-corrected chi connectivity index (χ3v) is 8.09. The number of aliphatic carboxylic acids is 2. The van der Waals surface area contributed by atoms with E-state index in [1.807, 2.05) is 26.8 Å². The maximum absolute atomic E-state index is 12.3. The van der Waals surface area contributed by atoms with Gasteiger partial charge in [0.1, 0.15) is 0 Å². The molecule has 224 valence electrons. The molecule has 0 spiro atoms. The van der Waals surface area contributed by atoms with Gasteiger partial charge >= 0.3 is 0 Å². The number of H-pyrrole nitrogens is 2. The minimum Gasteiger partial charge on any atom is -0.550 e. The van der Waals surface area contributed by atoms with Gasteiger partial charge in [0, 0.05) is 63.6 Å². The third kappa shape index (κ3) is 6.23. The monoisotopic (exact) mass is 582 g/mol. The summed E-state index contributed by atoms with van der Waals surface area (Å²) in [6.45, 7) is 14.8. The Balaban J connectivity index is 1.80. The van der Waals surface area contributed by atoms with E-state index in [2.05, 4.69) is 33.8 Å². The Morgan fingerprint density at radius 1 is 0.698 bits per heavy atom. The Morgan fingerprint density at radius 3 is 1.60 bits per heavy atom. The van der Waals surface area contributed by atoms with Crippen LogP contribution in [0.2, 0.25) is 0 Å². The summed E-state index contributed by atoms with van der Waals surface area (Å²) >= 11 is 0. The van der Waals surface area contributed by atoms with Gasteiger partial charge in [-0.1, -0.05) is 25.3 Å². The van der Waals surface area contributed by atoms with Crippen LogP contribution < -0.4 is 20.8 Å². The van der Waals surface area contributed by atoms with E-state index in [1.165, 1.54) is 6.08 Å². The molecule has 2 amide bonds. The number of aromatic nitrogens is 2. The molecule has 43 heavy (non-hydrogen) atoms. The molecule has 4 heterocycles. The molecule has 0 unspecified atom stereocenters. The van der Waals surface area contributed by atoms with E-state index in [1.54, 1.807) is 19.1 Å². The fraction of sp³-hybridized carbons (Fsp3) is 0.273. The highest BCUT2D eigenvalue weighted by Gasteiger charge is 2.25. The quantitative estimate of drug-likeness (QED) is 0.298. The Kier molecular flexibility index (Phi) is 8.89. The lowest BCUT2D eigenvalue weighted by atomic mass is 9.98. The SMILES string of the molecule is C=CC1=C(C)/C(=C\c2[nH]c(Cc3[nH]c(/C=C4/NC(=O)C(C)=C4C=C)c(C)c3CCC(=O)[O-])c(CCC(=O)[O-])c2C)NC1=O. The summed E-state index contributed by atoms with van der Waals surface area (Å²) in [5.41, 5.74) is 9.76. The van der Waals surface area contributed by atoms with Crippen molar-refractivity contribution in [2.45, 2.75) is 59.8 Å². The summed E-state index contributed by atoms with van der Waals surface area (Å²) in [7, 11) is 0. The first-order valence-corrected chi connectivity index (χ1v) is 13.9. The zero-order chi connectivity index (χ0) is 31.6. The molecule has 2 aromatic heterocycles. The predicted molar refractivity (Wildman–Crippen MR) is 159 cm³/mol. The van der Waals surface area contributed by atoms with E-state index < -0.39 is 11.9 Å². The van der Waals surface area contributed by atoms with Gasteiger partial charge in [0.15, 0.2) is 0 Å². The molecule has 0 saturated heterocycles. The van der Waals surface area contributed by atoms with Gasteiger partial charge in [-0.2, -0.15) is 0 Å². The summed E-state index contributed by atoms with van der Waals surface area (Å²) < 4.78 is 0. The average Bonchev–Trinajstić information content (AvgIpc) is 3.59. The average molecular weight is 583 g/mol. The molecule has 0 saturated carbocycles. The van der Waals surface area contributed by atoms with Gasteiger partial charge in [-0.25, -0.2) is 0 Å². The predicted octanol–water partition coefficient (Wildman–Crippen LogP) is 1.86. The molecular weight excluding hydrogens is 548 g/mol. The minimum absolute atomic E-state index is 0.188. The second-order valence-electron chi connectivity index (χ2n) is 10.7. The Hall–Kier alpha value is -5.12. The Morgan fingerprint density at radius 2 is 1.16 bits per heavy atom. The van der Waals surface area contributed by atoms with Crippen molar-refractivity contribution >= 4 is 35.9 Å². The highest BCUT2D eigenvalue weighted by molar-refractivity contribution is 6.03. The number of amides is 2. The number of aromatic amines is 2. The first kappa shape index (κ1) is 30.8. The first-order valence-electron chi connectivity index (χ1n) is 13.9. The summed E-state index contributed by atoms with van der Waals surface area (Å²) in [5, 5.41) is 28.5. The summed E-state index contributed by atoms with van der Waals surface area (Å²) in [6, 6.07) is 0. The molecular formula is C33H34N4O6-2. The van der Waals surface area contributed by atoms with Crippen molar-refractivity contribution in [3.05, 3.63) is 104 Å². The third-order valence-electron chi connectivity index (χ3n) is 8.09. The van der Waals surface area contributed by atoms with Crippen molar-refractivity contribution < 1.29 is 29.4 Å². The normalized spacial score (nSPS) is 16.8. The zero-order valence-corrected chi connectivity index (χ0v) is 24.7. The fourth-order valence-corrected chi connectivity index (χ4v) is 5.60. The van der Waals surface area contributed by atoms with Crippen LogP contribution in [0, 0.1) is 13.8 Å². The van der Waals surface area contributed by atoms with Crippen LogP contribution in [0.15, 0.2) is 59.0 Å². The summed E-state index contributed by atoms with van der Waals surface area (Å²) in [5.74, 6) is -2.82. The van der Waals surface area contributed by atoms with Crippen molar-refractivity contribution in [3.8, 4) is 0 Å². The van der Waals surface area contributed by atoms with Crippen molar-refractivity contribution in [2.75, 3.05) is 0 Å². The second kappa shape index (κ2) is 12.4. The topological polar surface area (TPSA) is 170 Å². The van der Waals surface area contributed by atoms with Crippen LogP contribution in [0.4, 0.5) is 0 Å². The Labute approximate surface area is 249 Å². The number of carbonyl (C=O) groups excluding carboxylic acids is 4. The molecule has 0 fully saturated rings. The molecule has 0 radical (unpaired) electrons. The maximum Gasteiger partial charge on any atom is 0.255 e. The standard InChI is InChI=1S/C33H36N4O6/c1-7-20-19(6)32(42)37-27(20)14-25-18(5)23(10-12-31(40)41)29(35-25)15-28-22(9-11-30(38)39)17(4)24(34-28)13-26-16(3)21(8-2)33(43)36-26/h7-8,13-14,34-35H,1-2,9-12,15H2,3-6H3,(H,36,43)(H,37,42)(H,38,39)(H,40,41)/p-2/b26-13+,27-14+. The fourth-order valence-electron chi connectivity index (χ4n) is 5.60. The lowest BCUT2D eigenvalue weighted by Crippen LogP contribution is -2.22. The molecule has 2 aliphatic rings. The van der Waals surface area contributed by atoms with Crippen molar-refractivity contribution in [1.29, 1.82) is 0 Å². The summed E-state index contributed by atoms with van der Waals surface area (Å²) in [6.07, 6.45) is 7.09. The highest BCUT2D eigenvalue weighted by Crippen LogP contribution is 2.31. The molecule has 4 N–H and O–H groups in total. The molecule has 10 nitrogen and oxygen atoms in total. The van der Waals surface area contributed by atoms with Crippen LogP contribution in [0.1, 0.15) is 71.7 Å². The van der Waals surface area contributed by atoms with E-state index in [-0.39, 0.29) is 37.5 Å². The number of allylic oxidation sites excluding steroid dienone is 2. The van der Waals surface area contributed by atoms with Crippen molar-refractivity contribution in [3.63, 3.8) is 0 Å². The van der Waals surface area contributed by atoms with Crippen LogP contribution in [-0.4, -0.2) is 33.7 Å². The van der Waals surface area contributed by atoms with E-state index >= 15 is 0 Å². The van der Waals surface area contributed by atoms with Gasteiger partial charge in [-0.3, -0.25) is 9.59 Å². The maximum atomic E-state index is 12.3. The molecule has 0 bridgehead atoms. The molecule has 0 aromatic carbocycles. The number of hydrogen-bond acceptors (Lipinski definition) is 6. The van der Waals surface area contributed by atoms with Gasteiger partial charge in [-0.05, 0) is 93.4 Å². The van der Waals surface area contributed by atoms with Crippen LogP contribution in [-0.2, 0) is 38.4 Å². The molecule has 10 heteroatoms. The Bertz CT molecular complexity index is 1710. The zero-order valence-electron chi connectivity index (χ0n) is 24.7. The molecule has 2 aliphatic heterocycles. The molecule has 0 atom stereocenters. The van der Waals surface area contributed by atoms with E-state index in [0.29, 0.717) is 45.9 Å². The highest BCUT2D eigenvalue weighted by atomic mass is 16.4. The number of rotatable bonds is 12. The van der Waals surface area contributed by atoms with Crippen LogP contribution in [0.3, 0.4) is 0 Å². The van der Waals surface area contributed by atoms with Crippen LogP contribution in [0.5, 0.6) is 0 Å². The lowest BCUT2D eigenvalue weighted by Gasteiger charge is -2.09. The number of carboxylic acids is 2. The largest absolute Gasteiger partial charge is 0.550 e. The first-order chi connectivity index (χ1) is 20.4. The van der Waals surface area contributed by atoms with E-state index in [9.17, 15) is 29.4 Å². The second-order valence-corrected chi connectivity index (χ2v) is 10.7. The lowest BCUT2D eigenvalue weighted by molar-refractivity contribution is -0.307. The molecule has 0 aliphatic carbocycles. The van der Waals surface area contributed by atoms with E-state index in [4.69, 9.17) is 0 Å². The smallest absolute Gasteiger partial charge is 0.255 e. The number of hydrogen-bond donors (Lipinski definition) is 4. The number of carboxylic acid groups (broad SMARTS) is 2. The number of nitrogens with one attached hydrogen (secondary N) is 4. The van der Waals surface area contributed by atoms with Gasteiger partial charge in [-0.15, -0.1) is 0 Å². The van der Waals surface area contributed by atoms with Gasteiger partial charge < -0.3 is 40.4 Å². The number of carbonyl (C=O) groups is 4. The molecule has 4 rings (SSSR count). The van der Waals surface area contributed by atoms with E-state index in [0.717, 1.165) is 39.2 Å². The summed E-state index contributed by atoms with van der Waals surface area (Å²) in [4.78, 5) is 54.2. The van der Waals surface area contributed by atoms with Gasteiger partial charge in [0.25, 0.3) is 11.8 Å². The van der Waals surface area contributed by atoms with Crippen molar-refractivity contribution in [1.82, 2.24) is 20.6 Å². The van der Waals surface area contributed by atoms with Gasteiger partial charge in [0.05, 0.1) is 5.70 Å². The molecule has 2 aromatic rings. The minimum atomic E-state index is -1.18. The van der Waals surface area contributed by atoms with Crippen LogP contribution in [0.25, 0.3) is 12.2 Å². The van der Waals surface area contributed by atoms with Crippen LogP contribution >= 0.6 is 0 Å². The van der Waals surface area contributed by atoms with Gasteiger partial charge in [0.2, 0.25) is 0 Å².